The van der Waals surface area contributed by atoms with Gasteiger partial charge in [0.05, 0.1) is 5.22 Å². The van der Waals surface area contributed by atoms with E-state index in [1.54, 1.807) is 13.2 Å². The fourth-order valence-corrected chi connectivity index (χ4v) is 1.46. The van der Waals surface area contributed by atoms with Crippen LogP contribution >= 0.6 is 0 Å². The summed E-state index contributed by atoms with van der Waals surface area (Å²) in [6.45, 7) is 4.25. The Hall–Kier alpha value is -0.613. The number of methoxy groups -OCH3 is 1. The number of carbonyl (C=O) groups is 1. The van der Waals surface area contributed by atoms with Crippen LogP contribution in [0.1, 0.15) is 26.7 Å². The second-order valence-corrected chi connectivity index (χ2v) is 5.62. The smallest absolute Gasteiger partial charge is 0.378 e. The third-order valence-corrected chi connectivity index (χ3v) is 4.81. The average Bonchev–Trinajstić information content (AvgIpc) is 2.11. The van der Waals surface area contributed by atoms with E-state index in [0.717, 1.165) is 29.2 Å². The zero-order valence-corrected chi connectivity index (χ0v) is 11.4. The van der Waals surface area contributed by atoms with E-state index in [1.165, 1.54) is 0 Å². The lowest BCUT2D eigenvalue weighted by Crippen LogP contribution is -2.37. The fraction of sp³-hybridized carbons (Fsp3) is 0.700. The maximum absolute atomic E-state index is 10.1. The Labute approximate surface area is 88.6 Å². The fourth-order valence-electron chi connectivity index (χ4n) is 1.18. The summed E-state index contributed by atoms with van der Waals surface area (Å²) in [5.41, 5.74) is 0. The molecular formula is C10H19O3Si. The van der Waals surface area contributed by atoms with Crippen molar-refractivity contribution in [1.82, 2.24) is 0 Å². The van der Waals surface area contributed by atoms with Crippen molar-refractivity contribution in [2.45, 2.75) is 31.9 Å². The van der Waals surface area contributed by atoms with Crippen molar-refractivity contribution in [3.63, 3.8) is 0 Å². The molecule has 0 N–H and O–H groups in total. The van der Waals surface area contributed by atoms with E-state index in [0.29, 0.717) is 5.92 Å². The van der Waals surface area contributed by atoms with Crippen LogP contribution in [0, 0.1) is 5.92 Å². The summed E-state index contributed by atoms with van der Waals surface area (Å²) in [5.74, 6) is -0.665. The van der Waals surface area contributed by atoms with Crippen LogP contribution in [0.3, 0.4) is 0 Å². The molecule has 0 spiro atoms. The molecule has 1 unspecified atom stereocenters. The van der Waals surface area contributed by atoms with Gasteiger partial charge < -0.3 is 4.74 Å². The van der Waals surface area contributed by atoms with E-state index in [9.17, 15) is 9.90 Å². The lowest BCUT2D eigenvalue weighted by atomic mass is 10.0. The summed E-state index contributed by atoms with van der Waals surface area (Å²) in [4.78, 5) is 10.1. The van der Waals surface area contributed by atoms with Crippen LogP contribution in [0.15, 0.2) is 12.2 Å². The number of rotatable bonds is 6. The first-order valence-electron chi connectivity index (χ1n) is 4.85. The topological polar surface area (TPSA) is 46.2 Å². The van der Waals surface area contributed by atoms with Gasteiger partial charge in [-0.2, -0.15) is 0 Å². The Morgan fingerprint density at radius 2 is 2.14 bits per heavy atom. The molecule has 81 valence electrons. The molecule has 0 aromatic heterocycles. The van der Waals surface area contributed by atoms with Crippen molar-refractivity contribution >= 4 is 16.2 Å². The van der Waals surface area contributed by atoms with Gasteiger partial charge in [-0.1, -0.05) is 19.9 Å². The molecule has 0 bridgehead atoms. The molecule has 0 aliphatic carbocycles. The number of hydrogen-bond donors (Lipinski definition) is 0. The molecule has 0 heterocycles. The van der Waals surface area contributed by atoms with E-state index < -0.39 is 5.97 Å². The highest BCUT2D eigenvalue weighted by atomic mass is 28.1. The quantitative estimate of drug-likeness (QED) is 0.482. The van der Waals surface area contributed by atoms with Gasteiger partial charge in [0.15, 0.2) is 0 Å². The van der Waals surface area contributed by atoms with Crippen LogP contribution in [0.4, 0.5) is 0 Å². The molecular weight excluding hydrogens is 196 g/mol. The maximum Gasteiger partial charge on any atom is 0.378 e. The normalized spacial score (nSPS) is 16.3. The highest BCUT2D eigenvalue weighted by Gasteiger charge is 2.26. The predicted molar refractivity (Wildman–Crippen MR) is 58.6 cm³/mol. The van der Waals surface area contributed by atoms with Crippen LogP contribution in [0.2, 0.25) is 0 Å². The summed E-state index contributed by atoms with van der Waals surface area (Å²) in [6, 6.07) is 0. The standard InChI is InChI=1S/C10H19O3Si/c1-8(2)10(14,13-3)7-5-4-6-9(11)12/h4,6,8H,5,7H2,1-3,14H3. The van der Waals surface area contributed by atoms with Crippen LogP contribution in [-0.4, -0.2) is 28.5 Å². The van der Waals surface area contributed by atoms with Gasteiger partial charge >= 0.3 is 5.97 Å². The van der Waals surface area contributed by atoms with Gasteiger partial charge in [-0.05, 0) is 18.8 Å². The third-order valence-electron chi connectivity index (χ3n) is 2.75. The Morgan fingerprint density at radius 1 is 1.57 bits per heavy atom. The first-order valence-corrected chi connectivity index (χ1v) is 5.85. The Balaban J connectivity index is 4.02. The van der Waals surface area contributed by atoms with Gasteiger partial charge in [0.1, 0.15) is 0 Å². The minimum Gasteiger partial charge on any atom is -0.383 e. The summed E-state index contributed by atoms with van der Waals surface area (Å²) in [7, 11) is 2.67. The molecule has 1 radical (unpaired) electrons. The molecule has 0 aliphatic heterocycles. The Kier molecular flexibility index (Phi) is 5.72. The first kappa shape index (κ1) is 13.4. The number of allylic oxidation sites excluding steroid dienone is 1. The second kappa shape index (κ2) is 5.98. The Bertz CT molecular complexity index is 213. The molecule has 3 nitrogen and oxygen atoms in total. The monoisotopic (exact) mass is 215 g/mol. The molecule has 0 rings (SSSR count). The third kappa shape index (κ3) is 4.57. The van der Waals surface area contributed by atoms with Gasteiger partial charge in [-0.25, -0.2) is 9.90 Å². The molecule has 0 aliphatic rings. The SMILES string of the molecule is COC([SiH3])(CCC=CC([O])=O)C(C)C. The van der Waals surface area contributed by atoms with Crippen molar-refractivity contribution in [3.05, 3.63) is 12.2 Å². The van der Waals surface area contributed by atoms with Gasteiger partial charge in [0, 0.05) is 23.4 Å². The number of hydrogen-bond acceptors (Lipinski definition) is 2. The Morgan fingerprint density at radius 3 is 2.50 bits per heavy atom. The average molecular weight is 215 g/mol. The van der Waals surface area contributed by atoms with Crippen molar-refractivity contribution < 1.29 is 14.6 Å². The van der Waals surface area contributed by atoms with E-state index in [4.69, 9.17) is 4.74 Å². The van der Waals surface area contributed by atoms with Crippen LogP contribution < -0.4 is 0 Å². The highest BCUT2D eigenvalue weighted by Crippen LogP contribution is 2.23. The first-order chi connectivity index (χ1) is 6.42. The lowest BCUT2D eigenvalue weighted by Gasteiger charge is -2.32. The summed E-state index contributed by atoms with van der Waals surface area (Å²) in [6.07, 6.45) is 4.31. The number of ether oxygens (including phenoxy) is 1. The van der Waals surface area contributed by atoms with E-state index in [-0.39, 0.29) is 5.22 Å². The van der Waals surface area contributed by atoms with Crippen molar-refractivity contribution in [1.29, 1.82) is 0 Å². The van der Waals surface area contributed by atoms with Crippen molar-refractivity contribution in [2.75, 3.05) is 7.11 Å². The molecule has 0 fully saturated rings. The van der Waals surface area contributed by atoms with Gasteiger partial charge in [-0.15, -0.1) is 0 Å². The maximum atomic E-state index is 10.1. The minimum atomic E-state index is -1.13. The lowest BCUT2D eigenvalue weighted by molar-refractivity contribution is -0.137. The minimum absolute atomic E-state index is 0.0454. The molecule has 0 aromatic carbocycles. The molecule has 4 heteroatoms. The van der Waals surface area contributed by atoms with Gasteiger partial charge in [-0.3, -0.25) is 0 Å². The summed E-state index contributed by atoms with van der Waals surface area (Å²) in [5, 5.41) is 10.1. The molecule has 0 amide bonds. The van der Waals surface area contributed by atoms with Gasteiger partial charge in [0.2, 0.25) is 0 Å². The largest absolute Gasteiger partial charge is 0.383 e. The van der Waals surface area contributed by atoms with Crippen LogP contribution in [0.5, 0.6) is 0 Å². The van der Waals surface area contributed by atoms with Crippen LogP contribution in [0.25, 0.3) is 0 Å². The number of carbonyl (C=O) groups excluding carboxylic acids is 1. The summed E-state index contributed by atoms with van der Waals surface area (Å²) < 4.78 is 5.47. The van der Waals surface area contributed by atoms with E-state index in [2.05, 4.69) is 13.8 Å². The molecule has 0 saturated carbocycles. The van der Waals surface area contributed by atoms with Crippen molar-refractivity contribution in [3.8, 4) is 0 Å². The highest BCUT2D eigenvalue weighted by molar-refractivity contribution is 6.14. The van der Waals surface area contributed by atoms with E-state index in [1.807, 2.05) is 0 Å². The second-order valence-electron chi connectivity index (χ2n) is 3.93. The van der Waals surface area contributed by atoms with Crippen LogP contribution in [-0.2, 0) is 14.6 Å². The summed E-state index contributed by atoms with van der Waals surface area (Å²) >= 11 is 0. The zero-order chi connectivity index (χ0) is 11.2. The van der Waals surface area contributed by atoms with Gasteiger partial charge in [0.25, 0.3) is 0 Å². The molecule has 1 atom stereocenters. The predicted octanol–water partition coefficient (Wildman–Crippen LogP) is 0.644. The molecule has 0 aromatic rings. The van der Waals surface area contributed by atoms with Crippen molar-refractivity contribution in [2.24, 2.45) is 5.92 Å². The molecule has 0 saturated heterocycles. The van der Waals surface area contributed by atoms with E-state index >= 15 is 0 Å². The zero-order valence-electron chi connectivity index (χ0n) is 9.37. The molecule has 14 heavy (non-hydrogen) atoms.